The monoisotopic (exact) mass is 574 g/mol. The number of benzene rings is 3. The Labute approximate surface area is 244 Å². The van der Waals surface area contributed by atoms with Crippen molar-refractivity contribution in [3.05, 3.63) is 87.3 Å². The van der Waals surface area contributed by atoms with Gasteiger partial charge in [0.15, 0.2) is 18.1 Å². The van der Waals surface area contributed by atoms with E-state index in [0.717, 1.165) is 45.5 Å². The highest BCUT2D eigenvalue weighted by atomic mass is 32.2. The molecule has 3 amide bonds. The lowest BCUT2D eigenvalue weighted by molar-refractivity contribution is -0.123. The van der Waals surface area contributed by atoms with E-state index in [2.05, 4.69) is 5.32 Å². The number of ether oxygens (including phenoxy) is 3. The van der Waals surface area contributed by atoms with E-state index in [1.54, 1.807) is 24.3 Å². The number of carbonyl (C=O) groups excluding carboxylic acids is 3. The molecule has 3 aromatic carbocycles. The van der Waals surface area contributed by atoms with Crippen LogP contribution in [0.25, 0.3) is 6.08 Å². The minimum Gasteiger partial charge on any atom is -0.491 e. The van der Waals surface area contributed by atoms with Crippen molar-refractivity contribution in [2.75, 3.05) is 31.7 Å². The van der Waals surface area contributed by atoms with Crippen LogP contribution < -0.4 is 19.5 Å². The second-order valence-corrected chi connectivity index (χ2v) is 10.7. The van der Waals surface area contributed by atoms with E-state index in [1.807, 2.05) is 71.0 Å². The molecule has 1 N–H and O–H groups in total. The molecule has 3 aromatic rings. The van der Waals surface area contributed by atoms with E-state index >= 15 is 0 Å². The van der Waals surface area contributed by atoms with Crippen LogP contribution in [0.1, 0.15) is 34.7 Å². The van der Waals surface area contributed by atoms with Crippen LogP contribution in [0.15, 0.2) is 59.5 Å². The van der Waals surface area contributed by atoms with Gasteiger partial charge in [0.1, 0.15) is 12.4 Å². The topological polar surface area (TPSA) is 94.2 Å². The average Bonchev–Trinajstić information content (AvgIpc) is 3.19. The average molecular weight is 575 g/mol. The molecule has 0 radical (unpaired) electrons. The quantitative estimate of drug-likeness (QED) is 0.263. The second kappa shape index (κ2) is 13.4. The van der Waals surface area contributed by atoms with Crippen LogP contribution >= 0.6 is 11.8 Å². The van der Waals surface area contributed by atoms with E-state index in [1.165, 1.54) is 4.90 Å². The van der Waals surface area contributed by atoms with Gasteiger partial charge in [-0.25, -0.2) is 0 Å². The van der Waals surface area contributed by atoms with E-state index in [0.29, 0.717) is 28.6 Å². The van der Waals surface area contributed by atoms with Gasteiger partial charge in [0.2, 0.25) is 0 Å². The second-order valence-electron chi connectivity index (χ2n) is 9.75. The molecule has 1 saturated heterocycles. The van der Waals surface area contributed by atoms with Gasteiger partial charge in [-0.15, -0.1) is 0 Å². The molecule has 8 nitrogen and oxygen atoms in total. The summed E-state index contributed by atoms with van der Waals surface area (Å²) in [5.74, 6) is 0.909. The molecule has 0 unspecified atom stereocenters. The molecule has 0 atom stereocenters. The Morgan fingerprint density at radius 1 is 0.854 bits per heavy atom. The third-order valence-electron chi connectivity index (χ3n) is 6.38. The van der Waals surface area contributed by atoms with Crippen LogP contribution in [-0.4, -0.2) is 48.3 Å². The van der Waals surface area contributed by atoms with Crippen molar-refractivity contribution in [2.45, 2.75) is 34.6 Å². The standard InChI is InChI=1S/C32H34N2O6S/c1-6-38-28-17-24(11-12-26(28)40-19-30(35)33-25-15-20(2)7-9-22(25)4)18-29-31(36)34(32(37)41-29)13-14-39-27-16-21(3)8-10-23(27)5/h7-12,15-18H,6,13-14,19H2,1-5H3,(H,33,35)/b29-18-. The summed E-state index contributed by atoms with van der Waals surface area (Å²) in [6, 6.07) is 16.9. The number of imide groups is 1. The minimum atomic E-state index is -0.369. The van der Waals surface area contributed by atoms with Crippen molar-refractivity contribution in [3.63, 3.8) is 0 Å². The number of anilines is 1. The van der Waals surface area contributed by atoms with Gasteiger partial charge in [-0.2, -0.15) is 0 Å². The molecule has 0 saturated carbocycles. The molecule has 0 aliphatic carbocycles. The van der Waals surface area contributed by atoms with Crippen LogP contribution in [0.2, 0.25) is 0 Å². The molecule has 9 heteroatoms. The largest absolute Gasteiger partial charge is 0.491 e. The first-order chi connectivity index (χ1) is 19.6. The van der Waals surface area contributed by atoms with Crippen molar-refractivity contribution in [3.8, 4) is 17.2 Å². The number of aryl methyl sites for hydroxylation is 4. The maximum atomic E-state index is 13.0. The Balaban J connectivity index is 1.39. The number of carbonyl (C=O) groups is 3. The van der Waals surface area contributed by atoms with Gasteiger partial charge in [-0.05, 0) is 105 Å². The molecule has 1 aliphatic rings. The van der Waals surface area contributed by atoms with Crippen LogP contribution in [-0.2, 0) is 9.59 Å². The van der Waals surface area contributed by atoms with Crippen molar-refractivity contribution in [1.82, 2.24) is 4.90 Å². The number of nitrogens with zero attached hydrogens (tertiary/aromatic N) is 1. The minimum absolute atomic E-state index is 0.149. The lowest BCUT2D eigenvalue weighted by atomic mass is 10.1. The van der Waals surface area contributed by atoms with Crippen LogP contribution in [0, 0.1) is 27.7 Å². The molecule has 41 heavy (non-hydrogen) atoms. The molecule has 0 aromatic heterocycles. The van der Waals surface area contributed by atoms with Gasteiger partial charge in [0, 0.05) is 5.69 Å². The van der Waals surface area contributed by atoms with E-state index in [-0.39, 0.29) is 36.8 Å². The Morgan fingerprint density at radius 2 is 1.59 bits per heavy atom. The molecule has 0 spiro atoms. The van der Waals surface area contributed by atoms with Crippen molar-refractivity contribution in [1.29, 1.82) is 0 Å². The van der Waals surface area contributed by atoms with Gasteiger partial charge >= 0.3 is 0 Å². The summed E-state index contributed by atoms with van der Waals surface area (Å²) in [4.78, 5) is 39.6. The number of hydrogen-bond donors (Lipinski definition) is 1. The molecule has 4 rings (SSSR count). The zero-order chi connectivity index (χ0) is 29.5. The van der Waals surface area contributed by atoms with Crippen LogP contribution in [0.5, 0.6) is 17.2 Å². The summed E-state index contributed by atoms with van der Waals surface area (Å²) in [6.07, 6.45) is 1.65. The fourth-order valence-electron chi connectivity index (χ4n) is 4.16. The van der Waals surface area contributed by atoms with Crippen molar-refractivity contribution >= 4 is 40.6 Å². The smallest absolute Gasteiger partial charge is 0.293 e. The first-order valence-electron chi connectivity index (χ1n) is 13.4. The summed E-state index contributed by atoms with van der Waals surface area (Å²) < 4.78 is 17.3. The highest BCUT2D eigenvalue weighted by molar-refractivity contribution is 8.18. The lowest BCUT2D eigenvalue weighted by Gasteiger charge is -2.15. The fourth-order valence-corrected chi connectivity index (χ4v) is 5.02. The first-order valence-corrected chi connectivity index (χ1v) is 14.2. The molecule has 1 heterocycles. The lowest BCUT2D eigenvalue weighted by Crippen LogP contribution is -2.32. The van der Waals surface area contributed by atoms with Crippen LogP contribution in [0.4, 0.5) is 10.5 Å². The summed E-state index contributed by atoms with van der Waals surface area (Å²) in [7, 11) is 0. The van der Waals surface area contributed by atoms with Crippen molar-refractivity contribution in [2.24, 2.45) is 0 Å². The maximum absolute atomic E-state index is 13.0. The summed E-state index contributed by atoms with van der Waals surface area (Å²) in [5.41, 5.74) is 5.47. The summed E-state index contributed by atoms with van der Waals surface area (Å²) in [5, 5.41) is 2.53. The zero-order valence-corrected chi connectivity index (χ0v) is 24.7. The Bertz CT molecular complexity index is 1500. The van der Waals surface area contributed by atoms with Gasteiger partial charge in [-0.1, -0.05) is 30.3 Å². The Morgan fingerprint density at radius 3 is 2.34 bits per heavy atom. The van der Waals surface area contributed by atoms with Gasteiger partial charge in [0.25, 0.3) is 17.1 Å². The fraction of sp³-hybridized carbons (Fsp3) is 0.281. The molecule has 1 fully saturated rings. The molecule has 214 valence electrons. The highest BCUT2D eigenvalue weighted by Crippen LogP contribution is 2.35. The Hall–Kier alpha value is -4.24. The third-order valence-corrected chi connectivity index (χ3v) is 7.29. The summed E-state index contributed by atoms with van der Waals surface area (Å²) >= 11 is 0.887. The number of nitrogens with one attached hydrogen (secondary N) is 1. The number of thioether (sulfide) groups is 1. The van der Waals surface area contributed by atoms with E-state index in [9.17, 15) is 14.4 Å². The normalized spacial score (nSPS) is 14.0. The Kier molecular flexibility index (Phi) is 9.73. The molecule has 1 aliphatic heterocycles. The first kappa shape index (κ1) is 29.7. The highest BCUT2D eigenvalue weighted by Gasteiger charge is 2.34. The van der Waals surface area contributed by atoms with Crippen molar-refractivity contribution < 1.29 is 28.6 Å². The van der Waals surface area contributed by atoms with E-state index in [4.69, 9.17) is 14.2 Å². The van der Waals surface area contributed by atoms with Gasteiger partial charge in [0.05, 0.1) is 18.1 Å². The molecular formula is C32H34N2O6S. The van der Waals surface area contributed by atoms with Crippen LogP contribution in [0.3, 0.4) is 0 Å². The number of rotatable bonds is 11. The summed E-state index contributed by atoms with van der Waals surface area (Å²) in [6.45, 7) is 10.2. The van der Waals surface area contributed by atoms with Gasteiger partial charge < -0.3 is 19.5 Å². The van der Waals surface area contributed by atoms with Gasteiger partial charge in [-0.3, -0.25) is 19.3 Å². The molecule has 0 bridgehead atoms. The zero-order valence-electron chi connectivity index (χ0n) is 23.9. The predicted molar refractivity (Wildman–Crippen MR) is 162 cm³/mol. The number of hydrogen-bond acceptors (Lipinski definition) is 7. The SMILES string of the molecule is CCOc1cc(/C=C2\SC(=O)N(CCOc3cc(C)ccc3C)C2=O)ccc1OCC(=O)Nc1cc(C)ccc1C. The third kappa shape index (κ3) is 7.70. The maximum Gasteiger partial charge on any atom is 0.293 e. The molecular weight excluding hydrogens is 540 g/mol. The van der Waals surface area contributed by atoms with E-state index < -0.39 is 0 Å². The number of amides is 3. The predicted octanol–water partition coefficient (Wildman–Crippen LogP) is 6.45.